The molecule has 1 aromatic heterocycles. The fourth-order valence-corrected chi connectivity index (χ4v) is 4.93. The summed E-state index contributed by atoms with van der Waals surface area (Å²) in [5.41, 5.74) is -0.440. The van der Waals surface area contributed by atoms with Crippen molar-refractivity contribution in [1.82, 2.24) is 0 Å². The molecule has 15 heteroatoms. The predicted molar refractivity (Wildman–Crippen MR) is 141 cm³/mol. The lowest BCUT2D eigenvalue weighted by Crippen LogP contribution is -2.61. The minimum Gasteiger partial charge on any atom is -0.493 e. The Balaban J connectivity index is 1.49. The lowest BCUT2D eigenvalue weighted by atomic mass is 9.99. The van der Waals surface area contributed by atoms with Crippen molar-refractivity contribution in [1.29, 1.82) is 0 Å². The Morgan fingerprint density at radius 1 is 0.810 bits per heavy atom. The monoisotopic (exact) mass is 596 g/mol. The SMILES string of the molecule is COc1cc(O[C@@H]2O[C@H](CO[C@@H]3OC[C@@H](O)[C@@H](O)[C@H]3O)[C@@H](O)[C@@H](O)[C@H]2O)c2c(=O)c3cccc(OC)c3oc2c1OC. The van der Waals surface area contributed by atoms with Gasteiger partial charge in [-0.25, -0.2) is 0 Å². The molecule has 2 aliphatic heterocycles. The van der Waals surface area contributed by atoms with Crippen LogP contribution in [0, 0.1) is 0 Å². The first-order valence-electron chi connectivity index (χ1n) is 12.9. The summed E-state index contributed by atoms with van der Waals surface area (Å²) in [5, 5.41) is 61.5. The van der Waals surface area contributed by atoms with E-state index in [1.807, 2.05) is 0 Å². The molecule has 0 radical (unpaired) electrons. The number of ether oxygens (including phenoxy) is 7. The van der Waals surface area contributed by atoms with Crippen molar-refractivity contribution < 1.29 is 68.2 Å². The summed E-state index contributed by atoms with van der Waals surface area (Å²) in [6.07, 6.45) is -14.1. The Labute approximate surface area is 237 Å². The number of rotatable bonds is 8. The van der Waals surface area contributed by atoms with Gasteiger partial charge >= 0.3 is 0 Å². The number of hydrogen-bond donors (Lipinski definition) is 6. The highest BCUT2D eigenvalue weighted by atomic mass is 16.7. The highest BCUT2D eigenvalue weighted by molar-refractivity contribution is 5.99. The largest absolute Gasteiger partial charge is 0.493 e. The number of fused-ring (bicyclic) bond motifs is 2. The molecule has 2 fully saturated rings. The van der Waals surface area contributed by atoms with E-state index >= 15 is 0 Å². The van der Waals surface area contributed by atoms with Gasteiger partial charge in [0.05, 0.1) is 39.9 Å². The van der Waals surface area contributed by atoms with Crippen molar-refractivity contribution in [3.05, 3.63) is 34.5 Å². The van der Waals surface area contributed by atoms with Gasteiger partial charge in [0.15, 0.2) is 29.0 Å². The van der Waals surface area contributed by atoms with Crippen LogP contribution in [0.25, 0.3) is 21.9 Å². The van der Waals surface area contributed by atoms with Gasteiger partial charge in [-0.2, -0.15) is 0 Å². The van der Waals surface area contributed by atoms with E-state index < -0.39 is 67.3 Å². The van der Waals surface area contributed by atoms with Gasteiger partial charge in [0.1, 0.15) is 53.9 Å². The molecule has 5 rings (SSSR count). The minimum atomic E-state index is -1.79. The third-order valence-electron chi connectivity index (χ3n) is 7.25. The van der Waals surface area contributed by atoms with Crippen molar-refractivity contribution in [2.45, 2.75) is 55.3 Å². The average molecular weight is 597 g/mol. The Bertz CT molecular complexity index is 1470. The Morgan fingerprint density at radius 2 is 1.52 bits per heavy atom. The normalized spacial score (nSPS) is 31.7. The second-order valence-electron chi connectivity index (χ2n) is 9.80. The predicted octanol–water partition coefficient (Wildman–Crippen LogP) is -1.39. The van der Waals surface area contributed by atoms with Crippen molar-refractivity contribution in [2.75, 3.05) is 34.5 Å². The maximum absolute atomic E-state index is 13.7. The van der Waals surface area contributed by atoms with Gasteiger partial charge < -0.3 is 68.2 Å². The summed E-state index contributed by atoms with van der Waals surface area (Å²) in [6, 6.07) is 6.07. The van der Waals surface area contributed by atoms with E-state index in [4.69, 9.17) is 37.6 Å². The molecule has 230 valence electrons. The van der Waals surface area contributed by atoms with Crippen molar-refractivity contribution >= 4 is 21.9 Å². The fourth-order valence-electron chi connectivity index (χ4n) is 4.93. The third kappa shape index (κ3) is 5.23. The fraction of sp³-hybridized carbons (Fsp3) is 0.519. The van der Waals surface area contributed by atoms with Gasteiger partial charge in [0.2, 0.25) is 17.5 Å². The van der Waals surface area contributed by atoms with E-state index in [1.54, 1.807) is 12.1 Å². The summed E-state index contributed by atoms with van der Waals surface area (Å²) in [5.74, 6) is 0.317. The van der Waals surface area contributed by atoms with Crippen molar-refractivity contribution in [3.63, 3.8) is 0 Å². The van der Waals surface area contributed by atoms with Crippen molar-refractivity contribution in [3.8, 4) is 23.0 Å². The van der Waals surface area contributed by atoms with Crippen LogP contribution in [-0.2, 0) is 14.2 Å². The zero-order valence-corrected chi connectivity index (χ0v) is 22.8. The van der Waals surface area contributed by atoms with Crippen LogP contribution in [0.2, 0.25) is 0 Å². The third-order valence-corrected chi connectivity index (χ3v) is 7.25. The van der Waals surface area contributed by atoms with E-state index in [-0.39, 0.29) is 45.8 Å². The number of aliphatic hydroxyl groups is 6. The molecule has 6 N–H and O–H groups in total. The summed E-state index contributed by atoms with van der Waals surface area (Å²) in [4.78, 5) is 13.7. The molecule has 0 spiro atoms. The first kappa shape index (κ1) is 30.2. The van der Waals surface area contributed by atoms with Gasteiger partial charge in [-0.3, -0.25) is 4.79 Å². The van der Waals surface area contributed by atoms with Crippen LogP contribution in [-0.4, -0.2) is 120 Å². The summed E-state index contributed by atoms with van der Waals surface area (Å²) >= 11 is 0. The number of aliphatic hydroxyl groups excluding tert-OH is 6. The zero-order chi connectivity index (χ0) is 30.3. The zero-order valence-electron chi connectivity index (χ0n) is 22.8. The van der Waals surface area contributed by atoms with Gasteiger partial charge in [-0.1, -0.05) is 6.07 Å². The second kappa shape index (κ2) is 12.2. The Hall–Kier alpha value is -3.25. The molecule has 2 saturated heterocycles. The smallest absolute Gasteiger partial charge is 0.229 e. The summed E-state index contributed by atoms with van der Waals surface area (Å²) in [7, 11) is 4.13. The van der Waals surface area contributed by atoms with Crippen LogP contribution >= 0.6 is 0 Å². The molecule has 3 aromatic rings. The first-order valence-corrected chi connectivity index (χ1v) is 12.9. The van der Waals surface area contributed by atoms with E-state index in [1.165, 1.54) is 33.5 Å². The lowest BCUT2D eigenvalue weighted by Gasteiger charge is -2.41. The molecule has 0 unspecified atom stereocenters. The van der Waals surface area contributed by atoms with Gasteiger partial charge in [-0.15, -0.1) is 0 Å². The van der Waals surface area contributed by atoms with Gasteiger partial charge in [0.25, 0.3) is 0 Å². The summed E-state index contributed by atoms with van der Waals surface area (Å²) < 4.78 is 44.6. The number of para-hydroxylation sites is 1. The van der Waals surface area contributed by atoms with Crippen LogP contribution < -0.4 is 24.4 Å². The Morgan fingerprint density at radius 3 is 2.21 bits per heavy atom. The lowest BCUT2D eigenvalue weighted by molar-refractivity contribution is -0.307. The van der Waals surface area contributed by atoms with Gasteiger partial charge in [0, 0.05) is 6.07 Å². The molecular weight excluding hydrogens is 564 g/mol. The van der Waals surface area contributed by atoms with Crippen LogP contribution in [0.5, 0.6) is 23.0 Å². The van der Waals surface area contributed by atoms with Crippen LogP contribution in [0.1, 0.15) is 0 Å². The second-order valence-corrected chi connectivity index (χ2v) is 9.80. The molecule has 42 heavy (non-hydrogen) atoms. The standard InChI is InChI=1S/C27H32O15/c1-35-12-6-4-5-10-17(29)16-13(7-14(36-2)24(37-3)25(16)42-23(10)12)40-27-22(34)20(32)19(31)15(41-27)9-39-26-21(33)18(30)11(28)8-38-26/h4-7,11,15,18-22,26-28,30-34H,8-9H2,1-3H3/t11-,15-,18-,19-,20-,21-,22-,26+,27-/m1/s1. The van der Waals surface area contributed by atoms with Crippen LogP contribution in [0.4, 0.5) is 0 Å². The number of benzene rings is 2. The van der Waals surface area contributed by atoms with E-state index in [9.17, 15) is 35.4 Å². The number of methoxy groups -OCH3 is 3. The maximum atomic E-state index is 13.7. The molecule has 9 atom stereocenters. The van der Waals surface area contributed by atoms with Crippen LogP contribution in [0.15, 0.2) is 33.5 Å². The van der Waals surface area contributed by atoms with Gasteiger partial charge in [-0.05, 0) is 12.1 Å². The highest BCUT2D eigenvalue weighted by Gasteiger charge is 2.46. The van der Waals surface area contributed by atoms with E-state index in [0.717, 1.165) is 0 Å². The topological polar surface area (TPSA) is 216 Å². The molecule has 3 heterocycles. The van der Waals surface area contributed by atoms with E-state index in [0.29, 0.717) is 5.75 Å². The maximum Gasteiger partial charge on any atom is 0.229 e. The molecule has 2 aliphatic rings. The molecule has 0 saturated carbocycles. The summed E-state index contributed by atoms with van der Waals surface area (Å²) in [6.45, 7) is -0.811. The Kier molecular flexibility index (Phi) is 8.75. The quantitative estimate of drug-likeness (QED) is 0.165. The van der Waals surface area contributed by atoms with Crippen molar-refractivity contribution in [2.24, 2.45) is 0 Å². The van der Waals surface area contributed by atoms with E-state index in [2.05, 4.69) is 0 Å². The minimum absolute atomic E-state index is 0.0520. The molecular formula is C27H32O15. The molecule has 2 aromatic carbocycles. The van der Waals surface area contributed by atoms with Crippen LogP contribution in [0.3, 0.4) is 0 Å². The average Bonchev–Trinajstić information content (AvgIpc) is 2.99. The highest BCUT2D eigenvalue weighted by Crippen LogP contribution is 2.43. The number of hydrogen-bond acceptors (Lipinski definition) is 15. The molecule has 0 bridgehead atoms. The molecule has 15 nitrogen and oxygen atoms in total. The molecule has 0 aliphatic carbocycles. The first-order chi connectivity index (χ1) is 20.1. The molecule has 0 amide bonds.